The summed E-state index contributed by atoms with van der Waals surface area (Å²) in [6.07, 6.45) is 0. The number of amides is 2. The molecule has 128 valence electrons. The maximum absolute atomic E-state index is 13.6. The van der Waals surface area contributed by atoms with Gasteiger partial charge in [0.25, 0.3) is 0 Å². The van der Waals surface area contributed by atoms with Crippen LogP contribution in [0.25, 0.3) is 0 Å². The minimum absolute atomic E-state index is 0.248. The Bertz CT molecular complexity index is 722. The van der Waals surface area contributed by atoms with E-state index in [4.69, 9.17) is 4.74 Å². The van der Waals surface area contributed by atoms with E-state index in [0.717, 1.165) is 0 Å². The predicted molar refractivity (Wildman–Crippen MR) is 80.9 cm³/mol. The van der Waals surface area contributed by atoms with Crippen LogP contribution in [0, 0.1) is 17.7 Å². The molecule has 0 aromatic heterocycles. The molecule has 6 nitrogen and oxygen atoms in total. The number of ether oxygens (including phenoxy) is 1. The first-order chi connectivity index (χ1) is 11.3. The van der Waals surface area contributed by atoms with E-state index in [1.807, 2.05) is 0 Å². The first kappa shape index (κ1) is 16.6. The van der Waals surface area contributed by atoms with Crippen molar-refractivity contribution in [1.82, 2.24) is 4.90 Å². The number of nitrogens with two attached hydrogens (primary N) is 1. The summed E-state index contributed by atoms with van der Waals surface area (Å²) in [5.41, 5.74) is -0.635. The van der Waals surface area contributed by atoms with Gasteiger partial charge in [-0.15, -0.1) is 0 Å². The van der Waals surface area contributed by atoms with Crippen molar-refractivity contribution in [3.05, 3.63) is 35.6 Å². The molecule has 0 unspecified atom stereocenters. The van der Waals surface area contributed by atoms with Crippen LogP contribution in [0.15, 0.2) is 24.3 Å². The molecule has 0 radical (unpaired) electrons. The third kappa shape index (κ3) is 2.15. The van der Waals surface area contributed by atoms with Crippen molar-refractivity contribution >= 4 is 17.8 Å². The van der Waals surface area contributed by atoms with Gasteiger partial charge in [-0.2, -0.15) is 0 Å². The smallest absolute Gasteiger partial charge is 0.368 e. The lowest BCUT2D eigenvalue weighted by atomic mass is 9.80. The van der Waals surface area contributed by atoms with Crippen LogP contribution in [0.1, 0.15) is 25.5 Å². The highest BCUT2D eigenvalue weighted by molar-refractivity contribution is 6.08. The van der Waals surface area contributed by atoms with Crippen molar-refractivity contribution < 1.29 is 28.8 Å². The molecule has 0 spiro atoms. The number of likely N-dealkylation sites (tertiary alicyclic amines) is 1. The number of quaternary nitrogens is 1. The van der Waals surface area contributed by atoms with Crippen LogP contribution in [0.5, 0.6) is 0 Å². The van der Waals surface area contributed by atoms with Crippen LogP contribution in [-0.4, -0.2) is 41.9 Å². The van der Waals surface area contributed by atoms with E-state index in [1.54, 1.807) is 31.3 Å². The number of benzene rings is 1. The van der Waals surface area contributed by atoms with Crippen LogP contribution < -0.4 is 5.32 Å². The van der Waals surface area contributed by atoms with Gasteiger partial charge in [0, 0.05) is 19.0 Å². The highest BCUT2D eigenvalue weighted by atomic mass is 19.1. The lowest BCUT2D eigenvalue weighted by Crippen LogP contribution is -2.97. The Hall–Kier alpha value is -2.28. The Morgan fingerprint density at radius 2 is 2.08 bits per heavy atom. The van der Waals surface area contributed by atoms with Gasteiger partial charge in [0.1, 0.15) is 23.7 Å². The van der Waals surface area contributed by atoms with Gasteiger partial charge in [-0.3, -0.25) is 14.5 Å². The van der Waals surface area contributed by atoms with Gasteiger partial charge in [-0.1, -0.05) is 12.1 Å². The van der Waals surface area contributed by atoms with Crippen molar-refractivity contribution in [2.75, 3.05) is 13.7 Å². The fourth-order valence-electron chi connectivity index (χ4n) is 4.07. The zero-order valence-corrected chi connectivity index (χ0v) is 13.8. The summed E-state index contributed by atoms with van der Waals surface area (Å²) in [6.45, 7) is 3.57. The van der Waals surface area contributed by atoms with Gasteiger partial charge >= 0.3 is 5.97 Å². The summed E-state index contributed by atoms with van der Waals surface area (Å²) in [4.78, 5) is 39.0. The molecule has 2 heterocycles. The normalized spacial score (nSPS) is 32.2. The Balaban J connectivity index is 2.11. The molecule has 2 N–H and O–H groups in total. The number of hydrogen-bond donors (Lipinski definition) is 1. The third-order valence-electron chi connectivity index (χ3n) is 5.18. The summed E-state index contributed by atoms with van der Waals surface area (Å²) >= 11 is 0. The van der Waals surface area contributed by atoms with E-state index in [0.29, 0.717) is 5.56 Å². The largest absolute Gasteiger partial charge is 0.464 e. The average molecular weight is 335 g/mol. The summed E-state index contributed by atoms with van der Waals surface area (Å²) in [7, 11) is 1.25. The second kappa shape index (κ2) is 5.66. The van der Waals surface area contributed by atoms with Crippen LogP contribution in [0.3, 0.4) is 0 Å². The maximum Gasteiger partial charge on any atom is 0.368 e. The van der Waals surface area contributed by atoms with Crippen LogP contribution in [0.4, 0.5) is 4.39 Å². The molecule has 2 aliphatic rings. The fraction of sp³-hybridized carbons (Fsp3) is 0.471. The van der Waals surface area contributed by atoms with Gasteiger partial charge in [0.15, 0.2) is 0 Å². The molecular weight excluding hydrogens is 315 g/mol. The first-order valence-electron chi connectivity index (χ1n) is 7.90. The van der Waals surface area contributed by atoms with Gasteiger partial charge in [-0.05, 0) is 19.1 Å². The van der Waals surface area contributed by atoms with Gasteiger partial charge in [-0.25, -0.2) is 9.18 Å². The summed E-state index contributed by atoms with van der Waals surface area (Å²) in [6, 6.07) is 5.41. The molecule has 24 heavy (non-hydrogen) atoms. The molecule has 1 aromatic carbocycles. The number of nitrogens with zero attached hydrogens (tertiary/aromatic N) is 1. The molecule has 3 rings (SSSR count). The second-order valence-electron chi connectivity index (χ2n) is 6.45. The number of halogens is 1. The number of methoxy groups -OCH3 is 1. The van der Waals surface area contributed by atoms with Gasteiger partial charge < -0.3 is 10.1 Å². The molecular formula is C17H20FN2O4+. The molecule has 1 aromatic rings. The molecule has 2 saturated heterocycles. The third-order valence-corrected chi connectivity index (χ3v) is 5.18. The SMILES string of the molecule is CCN1C(=O)[C@H]2[C@@H](C1=O)[C@](C)(C(=O)OC)[NH2+][C@H]2c1cccc(F)c1. The molecule has 2 fully saturated rings. The quantitative estimate of drug-likeness (QED) is 0.623. The molecule has 4 atom stereocenters. The summed E-state index contributed by atoms with van der Waals surface area (Å²) < 4.78 is 18.5. The van der Waals surface area contributed by atoms with Crippen LogP contribution in [0.2, 0.25) is 0 Å². The first-order valence-corrected chi connectivity index (χ1v) is 7.90. The Morgan fingerprint density at radius 3 is 2.67 bits per heavy atom. The Morgan fingerprint density at radius 1 is 1.38 bits per heavy atom. The van der Waals surface area contributed by atoms with Crippen molar-refractivity contribution in [3.63, 3.8) is 0 Å². The van der Waals surface area contributed by atoms with E-state index in [9.17, 15) is 18.8 Å². The fourth-order valence-corrected chi connectivity index (χ4v) is 4.07. The van der Waals surface area contributed by atoms with E-state index in [2.05, 4.69) is 0 Å². The average Bonchev–Trinajstić information content (AvgIpc) is 3.01. The number of fused-ring (bicyclic) bond motifs is 1. The number of esters is 1. The highest BCUT2D eigenvalue weighted by Gasteiger charge is 2.70. The van der Waals surface area contributed by atoms with E-state index >= 15 is 0 Å². The van der Waals surface area contributed by atoms with Gasteiger partial charge in [0.05, 0.1) is 7.11 Å². The molecule has 0 saturated carbocycles. The molecule has 0 aliphatic carbocycles. The number of imide groups is 1. The number of hydrogen-bond acceptors (Lipinski definition) is 4. The zero-order valence-electron chi connectivity index (χ0n) is 13.8. The Kier molecular flexibility index (Phi) is 3.91. The van der Waals surface area contributed by atoms with E-state index < -0.39 is 35.2 Å². The minimum Gasteiger partial charge on any atom is -0.464 e. The Labute approximate surface area is 139 Å². The lowest BCUT2D eigenvalue weighted by Gasteiger charge is -2.25. The standard InChI is InChI=1S/C17H19FN2O4/c1-4-20-14(21)11-12(15(20)22)17(2,16(23)24-3)19-13(11)9-6-5-7-10(18)8-9/h5-8,11-13,19H,4H2,1-3H3/p+1/t11-,12-,13-,17+/m0/s1. The van der Waals surface area contributed by atoms with Crippen molar-refractivity contribution in [3.8, 4) is 0 Å². The topological polar surface area (TPSA) is 80.3 Å². The van der Waals surface area contributed by atoms with Crippen LogP contribution >= 0.6 is 0 Å². The van der Waals surface area contributed by atoms with E-state index in [-0.39, 0.29) is 18.4 Å². The second-order valence-corrected chi connectivity index (χ2v) is 6.45. The number of carbonyl (C=O) groups excluding carboxylic acids is 3. The molecule has 0 bridgehead atoms. The molecule has 2 aliphatic heterocycles. The van der Waals surface area contributed by atoms with Crippen molar-refractivity contribution in [2.45, 2.75) is 25.4 Å². The van der Waals surface area contributed by atoms with Gasteiger partial charge in [0.2, 0.25) is 17.4 Å². The molecule has 7 heteroatoms. The lowest BCUT2D eigenvalue weighted by molar-refractivity contribution is -0.731. The minimum atomic E-state index is -1.22. The van der Waals surface area contributed by atoms with Crippen molar-refractivity contribution in [2.24, 2.45) is 11.8 Å². The highest BCUT2D eigenvalue weighted by Crippen LogP contribution is 2.44. The predicted octanol–water partition coefficient (Wildman–Crippen LogP) is -0.00340. The monoisotopic (exact) mass is 335 g/mol. The maximum atomic E-state index is 13.6. The molecule has 2 amide bonds. The summed E-state index contributed by atoms with van der Waals surface area (Å²) in [5.74, 6) is -3.18. The summed E-state index contributed by atoms with van der Waals surface area (Å²) in [5, 5.41) is 1.67. The van der Waals surface area contributed by atoms with Crippen LogP contribution in [-0.2, 0) is 19.1 Å². The number of rotatable bonds is 3. The van der Waals surface area contributed by atoms with E-state index in [1.165, 1.54) is 24.1 Å². The number of carbonyl (C=O) groups is 3. The zero-order chi connectivity index (χ0) is 17.6. The van der Waals surface area contributed by atoms with Crippen molar-refractivity contribution in [1.29, 1.82) is 0 Å².